The minimum atomic E-state index is 0.287. The Kier molecular flexibility index (Phi) is 5.47. The van der Waals surface area contributed by atoms with Gasteiger partial charge in [0.2, 0.25) is 0 Å². The lowest BCUT2D eigenvalue weighted by Gasteiger charge is -2.42. The van der Waals surface area contributed by atoms with Gasteiger partial charge in [-0.15, -0.1) is 0 Å². The van der Waals surface area contributed by atoms with E-state index in [4.69, 9.17) is 10.5 Å². The number of rotatable bonds is 4. The molecule has 1 heterocycles. The van der Waals surface area contributed by atoms with Crippen LogP contribution in [0.15, 0.2) is 22.7 Å². The molecule has 4 heteroatoms. The van der Waals surface area contributed by atoms with E-state index >= 15 is 0 Å². The maximum atomic E-state index is 6.08. The molecule has 2 N–H and O–H groups in total. The van der Waals surface area contributed by atoms with Crippen molar-refractivity contribution >= 4 is 15.9 Å². The molecule has 0 saturated carbocycles. The number of hydrogen-bond acceptors (Lipinski definition) is 3. The van der Waals surface area contributed by atoms with Crippen LogP contribution in [0.5, 0.6) is 5.75 Å². The Balaban J connectivity index is 2.25. The smallest absolute Gasteiger partial charge is 0.133 e. The summed E-state index contributed by atoms with van der Waals surface area (Å²) in [6.07, 6.45) is 2.58. The van der Waals surface area contributed by atoms with E-state index in [1.807, 2.05) is 6.07 Å². The molecule has 0 aromatic heterocycles. The lowest BCUT2D eigenvalue weighted by atomic mass is 9.89. The van der Waals surface area contributed by atoms with Crippen molar-refractivity contribution in [3.63, 3.8) is 0 Å². The first-order valence-corrected chi connectivity index (χ1v) is 8.17. The molecular weight excluding hydrogens is 316 g/mol. The Morgan fingerprint density at radius 3 is 2.80 bits per heavy atom. The molecule has 0 aliphatic carbocycles. The SMILES string of the molecule is COc1ccc(C(CN)N2CCCC(C)C2C)cc1Br. The molecule has 3 atom stereocenters. The fourth-order valence-corrected chi connectivity index (χ4v) is 3.72. The first-order chi connectivity index (χ1) is 9.58. The molecule has 1 aliphatic rings. The zero-order valence-corrected chi connectivity index (χ0v) is 14.2. The minimum absolute atomic E-state index is 0.287. The Bertz CT molecular complexity index is 452. The van der Waals surface area contributed by atoms with Crippen LogP contribution in [0.4, 0.5) is 0 Å². The van der Waals surface area contributed by atoms with Gasteiger partial charge >= 0.3 is 0 Å². The summed E-state index contributed by atoms with van der Waals surface area (Å²) >= 11 is 3.57. The van der Waals surface area contributed by atoms with Gasteiger partial charge in [0.05, 0.1) is 11.6 Å². The van der Waals surface area contributed by atoms with Gasteiger partial charge in [-0.1, -0.05) is 13.0 Å². The highest BCUT2D eigenvalue weighted by Crippen LogP contribution is 2.34. The Labute approximate surface area is 130 Å². The second-order valence-electron chi connectivity index (χ2n) is 5.74. The second-order valence-corrected chi connectivity index (χ2v) is 6.60. The maximum Gasteiger partial charge on any atom is 0.133 e. The minimum Gasteiger partial charge on any atom is -0.496 e. The van der Waals surface area contributed by atoms with Crippen molar-refractivity contribution in [3.05, 3.63) is 28.2 Å². The summed E-state index contributed by atoms with van der Waals surface area (Å²) in [5, 5.41) is 0. The van der Waals surface area contributed by atoms with Crippen LogP contribution in [0, 0.1) is 5.92 Å². The fourth-order valence-electron chi connectivity index (χ4n) is 3.16. The maximum absolute atomic E-state index is 6.08. The predicted octanol–water partition coefficient (Wildman–Crippen LogP) is 3.58. The van der Waals surface area contributed by atoms with Crippen molar-refractivity contribution in [3.8, 4) is 5.75 Å². The lowest BCUT2D eigenvalue weighted by Crippen LogP contribution is -2.46. The zero-order chi connectivity index (χ0) is 14.7. The van der Waals surface area contributed by atoms with E-state index in [1.165, 1.54) is 18.4 Å². The predicted molar refractivity (Wildman–Crippen MR) is 87.1 cm³/mol. The summed E-state index contributed by atoms with van der Waals surface area (Å²) in [5.74, 6) is 1.60. The molecule has 2 rings (SSSR count). The summed E-state index contributed by atoms with van der Waals surface area (Å²) in [6.45, 7) is 6.45. The van der Waals surface area contributed by atoms with Crippen molar-refractivity contribution in [1.29, 1.82) is 0 Å². The van der Waals surface area contributed by atoms with Crippen molar-refractivity contribution < 1.29 is 4.74 Å². The summed E-state index contributed by atoms with van der Waals surface area (Å²) < 4.78 is 6.30. The number of methoxy groups -OCH3 is 1. The fraction of sp³-hybridized carbons (Fsp3) is 0.625. The normalized spacial score (nSPS) is 25.4. The van der Waals surface area contributed by atoms with Gasteiger partial charge < -0.3 is 10.5 Å². The van der Waals surface area contributed by atoms with E-state index in [0.29, 0.717) is 12.6 Å². The number of piperidine rings is 1. The molecule has 1 aromatic carbocycles. The van der Waals surface area contributed by atoms with Crippen LogP contribution in [0.2, 0.25) is 0 Å². The molecule has 1 fully saturated rings. The molecule has 112 valence electrons. The third kappa shape index (κ3) is 3.18. The van der Waals surface area contributed by atoms with Crippen LogP contribution in [0.1, 0.15) is 38.3 Å². The number of ether oxygens (including phenoxy) is 1. The molecule has 0 amide bonds. The van der Waals surface area contributed by atoms with Crippen LogP contribution in [0.25, 0.3) is 0 Å². The van der Waals surface area contributed by atoms with Gasteiger partial charge in [-0.2, -0.15) is 0 Å². The third-order valence-corrected chi connectivity index (χ3v) is 5.23. The monoisotopic (exact) mass is 340 g/mol. The van der Waals surface area contributed by atoms with E-state index in [9.17, 15) is 0 Å². The number of halogens is 1. The Morgan fingerprint density at radius 2 is 2.20 bits per heavy atom. The third-order valence-electron chi connectivity index (χ3n) is 4.61. The largest absolute Gasteiger partial charge is 0.496 e. The highest BCUT2D eigenvalue weighted by molar-refractivity contribution is 9.10. The van der Waals surface area contributed by atoms with E-state index in [1.54, 1.807) is 7.11 Å². The van der Waals surface area contributed by atoms with Gasteiger partial charge in [0.25, 0.3) is 0 Å². The second kappa shape index (κ2) is 6.92. The highest BCUT2D eigenvalue weighted by Gasteiger charge is 2.30. The quantitative estimate of drug-likeness (QED) is 0.910. The molecule has 1 aromatic rings. The van der Waals surface area contributed by atoms with Gasteiger partial charge in [-0.05, 0) is 65.9 Å². The average Bonchev–Trinajstić information content (AvgIpc) is 2.44. The van der Waals surface area contributed by atoms with E-state index in [-0.39, 0.29) is 6.04 Å². The number of benzene rings is 1. The lowest BCUT2D eigenvalue weighted by molar-refractivity contribution is 0.0709. The van der Waals surface area contributed by atoms with E-state index < -0.39 is 0 Å². The van der Waals surface area contributed by atoms with Crippen LogP contribution in [-0.4, -0.2) is 31.1 Å². The van der Waals surface area contributed by atoms with Gasteiger partial charge in [0, 0.05) is 18.6 Å². The molecule has 0 bridgehead atoms. The first kappa shape index (κ1) is 15.8. The molecule has 0 radical (unpaired) electrons. The average molecular weight is 341 g/mol. The topological polar surface area (TPSA) is 38.5 Å². The van der Waals surface area contributed by atoms with E-state index in [2.05, 4.69) is 46.8 Å². The first-order valence-electron chi connectivity index (χ1n) is 7.37. The Hall–Kier alpha value is -0.580. The van der Waals surface area contributed by atoms with Crippen LogP contribution in [-0.2, 0) is 0 Å². The number of nitrogens with zero attached hydrogens (tertiary/aromatic N) is 1. The number of nitrogens with two attached hydrogens (primary N) is 1. The Morgan fingerprint density at radius 1 is 1.45 bits per heavy atom. The van der Waals surface area contributed by atoms with Crippen molar-refractivity contribution in [2.45, 2.75) is 38.8 Å². The standard InChI is InChI=1S/C16H25BrN2O/c1-11-5-4-8-19(12(11)2)15(10-18)13-6-7-16(20-3)14(17)9-13/h6-7,9,11-12,15H,4-5,8,10,18H2,1-3H3. The molecule has 0 spiro atoms. The summed E-state index contributed by atoms with van der Waals surface area (Å²) in [7, 11) is 1.69. The zero-order valence-electron chi connectivity index (χ0n) is 12.6. The molecule has 1 saturated heterocycles. The summed E-state index contributed by atoms with van der Waals surface area (Å²) in [6, 6.07) is 7.16. The molecule has 1 aliphatic heterocycles. The van der Waals surface area contributed by atoms with E-state index in [0.717, 1.165) is 22.7 Å². The van der Waals surface area contributed by atoms with Gasteiger partial charge in [-0.25, -0.2) is 0 Å². The number of hydrogen-bond donors (Lipinski definition) is 1. The van der Waals surface area contributed by atoms with Crippen molar-refractivity contribution in [1.82, 2.24) is 4.90 Å². The van der Waals surface area contributed by atoms with Crippen molar-refractivity contribution in [2.75, 3.05) is 20.2 Å². The van der Waals surface area contributed by atoms with Crippen LogP contribution >= 0.6 is 15.9 Å². The van der Waals surface area contributed by atoms with Crippen molar-refractivity contribution in [2.24, 2.45) is 11.7 Å². The van der Waals surface area contributed by atoms with Gasteiger partial charge in [0.1, 0.15) is 5.75 Å². The summed E-state index contributed by atoms with van der Waals surface area (Å²) in [4.78, 5) is 2.56. The molecule has 3 unspecified atom stereocenters. The molecule has 20 heavy (non-hydrogen) atoms. The summed E-state index contributed by atoms with van der Waals surface area (Å²) in [5.41, 5.74) is 7.34. The van der Waals surface area contributed by atoms with Gasteiger partial charge in [0.15, 0.2) is 0 Å². The highest BCUT2D eigenvalue weighted by atomic mass is 79.9. The van der Waals surface area contributed by atoms with Gasteiger partial charge in [-0.3, -0.25) is 4.90 Å². The van der Waals surface area contributed by atoms with Crippen LogP contribution < -0.4 is 10.5 Å². The number of likely N-dealkylation sites (tertiary alicyclic amines) is 1. The van der Waals surface area contributed by atoms with Crippen LogP contribution in [0.3, 0.4) is 0 Å². The molecular formula is C16H25BrN2O. The molecule has 3 nitrogen and oxygen atoms in total.